The van der Waals surface area contributed by atoms with Crippen molar-refractivity contribution < 1.29 is 23.5 Å². The first-order valence-corrected chi connectivity index (χ1v) is 8.75. The SMILES string of the molecule is CNC(CO)CONC(=O)c1cccc(F)c1Nc1ccc(I)cc1F. The molecule has 0 heterocycles. The highest BCUT2D eigenvalue weighted by atomic mass is 127. The van der Waals surface area contributed by atoms with Gasteiger partial charge in [0.25, 0.3) is 5.91 Å². The van der Waals surface area contributed by atoms with Gasteiger partial charge in [-0.05, 0) is 60.0 Å². The number of carbonyl (C=O) groups is 1. The number of aliphatic hydroxyl groups excluding tert-OH is 1. The largest absolute Gasteiger partial charge is 0.395 e. The average molecular weight is 477 g/mol. The van der Waals surface area contributed by atoms with E-state index in [-0.39, 0.29) is 36.2 Å². The van der Waals surface area contributed by atoms with Gasteiger partial charge < -0.3 is 15.7 Å². The van der Waals surface area contributed by atoms with E-state index in [0.29, 0.717) is 3.57 Å². The summed E-state index contributed by atoms with van der Waals surface area (Å²) in [6.45, 7) is -0.159. The molecule has 0 aromatic heterocycles. The van der Waals surface area contributed by atoms with E-state index < -0.39 is 17.5 Å². The number of hydrogen-bond donors (Lipinski definition) is 4. The van der Waals surface area contributed by atoms with E-state index in [1.165, 1.54) is 24.3 Å². The molecule has 0 saturated heterocycles. The van der Waals surface area contributed by atoms with Crippen molar-refractivity contribution in [2.75, 3.05) is 25.6 Å². The third kappa shape index (κ3) is 5.34. The monoisotopic (exact) mass is 477 g/mol. The van der Waals surface area contributed by atoms with Gasteiger partial charge in [0.15, 0.2) is 0 Å². The Kier molecular flexibility index (Phi) is 7.69. The van der Waals surface area contributed by atoms with E-state index in [1.807, 2.05) is 22.6 Å². The van der Waals surface area contributed by atoms with Crippen LogP contribution < -0.4 is 16.1 Å². The lowest BCUT2D eigenvalue weighted by atomic mass is 10.1. The molecule has 1 unspecified atom stereocenters. The summed E-state index contributed by atoms with van der Waals surface area (Å²) in [5, 5.41) is 14.5. The number of nitrogens with one attached hydrogen (secondary N) is 3. The molecule has 0 aliphatic heterocycles. The predicted octanol–water partition coefficient (Wildman–Crippen LogP) is 2.55. The third-order valence-electron chi connectivity index (χ3n) is 3.53. The number of benzene rings is 2. The van der Waals surface area contributed by atoms with E-state index in [4.69, 9.17) is 9.94 Å². The van der Waals surface area contributed by atoms with Gasteiger partial charge >= 0.3 is 0 Å². The van der Waals surface area contributed by atoms with Gasteiger partial charge in [0, 0.05) is 3.57 Å². The molecule has 2 aromatic carbocycles. The third-order valence-corrected chi connectivity index (χ3v) is 4.20. The number of amides is 1. The predicted molar refractivity (Wildman–Crippen MR) is 102 cm³/mol. The Labute approximate surface area is 163 Å². The van der Waals surface area contributed by atoms with Crippen LogP contribution in [0.25, 0.3) is 0 Å². The Morgan fingerprint density at radius 1 is 1.27 bits per heavy atom. The second kappa shape index (κ2) is 9.76. The van der Waals surface area contributed by atoms with Gasteiger partial charge in [0.05, 0.1) is 36.2 Å². The molecule has 0 saturated carbocycles. The zero-order chi connectivity index (χ0) is 19.1. The molecule has 140 valence electrons. The molecule has 2 rings (SSSR count). The highest BCUT2D eigenvalue weighted by Crippen LogP contribution is 2.27. The first-order valence-electron chi connectivity index (χ1n) is 7.67. The molecule has 1 atom stereocenters. The number of likely N-dealkylation sites (N-methyl/N-ethyl adjacent to an activating group) is 1. The number of hydroxylamine groups is 1. The normalized spacial score (nSPS) is 11.9. The van der Waals surface area contributed by atoms with E-state index in [0.717, 1.165) is 6.07 Å². The van der Waals surface area contributed by atoms with Crippen LogP contribution in [0.3, 0.4) is 0 Å². The Bertz CT molecular complexity index is 773. The maximum Gasteiger partial charge on any atom is 0.277 e. The first-order chi connectivity index (χ1) is 12.5. The molecule has 1 amide bonds. The number of anilines is 2. The van der Waals surface area contributed by atoms with Crippen LogP contribution in [0.1, 0.15) is 10.4 Å². The Hall–Kier alpha value is -1.82. The standard InChI is InChI=1S/C17H18F2IN3O3/c1-21-11(8-24)9-26-23-17(25)12-3-2-4-13(18)16(12)22-15-6-5-10(20)7-14(15)19/h2-7,11,21-22,24H,8-9H2,1H3,(H,23,25). The lowest BCUT2D eigenvalue weighted by Gasteiger charge is -2.15. The fourth-order valence-electron chi connectivity index (χ4n) is 2.06. The molecule has 0 aliphatic rings. The molecular weight excluding hydrogens is 459 g/mol. The highest BCUT2D eigenvalue weighted by Gasteiger charge is 2.17. The lowest BCUT2D eigenvalue weighted by Crippen LogP contribution is -2.37. The van der Waals surface area contributed by atoms with Gasteiger partial charge in [-0.3, -0.25) is 9.63 Å². The zero-order valence-corrected chi connectivity index (χ0v) is 16.0. The highest BCUT2D eigenvalue weighted by molar-refractivity contribution is 14.1. The van der Waals surface area contributed by atoms with Gasteiger partial charge in [0.1, 0.15) is 11.6 Å². The summed E-state index contributed by atoms with van der Waals surface area (Å²) in [5.74, 6) is -1.98. The van der Waals surface area contributed by atoms with Gasteiger partial charge in [0.2, 0.25) is 0 Å². The molecule has 9 heteroatoms. The molecule has 0 aliphatic carbocycles. The van der Waals surface area contributed by atoms with Crippen LogP contribution >= 0.6 is 22.6 Å². The second-order valence-corrected chi connectivity index (χ2v) is 6.57. The van der Waals surface area contributed by atoms with Crippen LogP contribution in [0.4, 0.5) is 20.2 Å². The van der Waals surface area contributed by atoms with Crippen molar-refractivity contribution in [3.8, 4) is 0 Å². The van der Waals surface area contributed by atoms with Crippen LogP contribution in [-0.4, -0.2) is 37.3 Å². The van der Waals surface area contributed by atoms with E-state index in [9.17, 15) is 13.6 Å². The molecule has 0 radical (unpaired) electrons. The van der Waals surface area contributed by atoms with Gasteiger partial charge in [-0.25, -0.2) is 14.3 Å². The number of aliphatic hydroxyl groups is 1. The maximum atomic E-state index is 14.2. The van der Waals surface area contributed by atoms with Crippen molar-refractivity contribution in [1.82, 2.24) is 10.8 Å². The summed E-state index contributed by atoms with van der Waals surface area (Å²) in [6.07, 6.45) is 0. The average Bonchev–Trinajstić information content (AvgIpc) is 2.62. The minimum absolute atomic E-state index is 0.0164. The molecule has 4 N–H and O–H groups in total. The molecule has 0 fully saturated rings. The topological polar surface area (TPSA) is 82.6 Å². The van der Waals surface area contributed by atoms with Crippen molar-refractivity contribution >= 4 is 39.9 Å². The fraction of sp³-hybridized carbons (Fsp3) is 0.235. The fourth-order valence-corrected chi connectivity index (χ4v) is 2.51. The minimum atomic E-state index is -0.709. The number of hydrogen-bond acceptors (Lipinski definition) is 5. The maximum absolute atomic E-state index is 14.2. The lowest BCUT2D eigenvalue weighted by molar-refractivity contribution is 0.0164. The first kappa shape index (κ1) is 20.5. The van der Waals surface area contributed by atoms with Gasteiger partial charge in [-0.2, -0.15) is 0 Å². The quantitative estimate of drug-likeness (QED) is 0.347. The Balaban J connectivity index is 2.16. The summed E-state index contributed by atoms with van der Waals surface area (Å²) in [6, 6.07) is 7.96. The summed E-state index contributed by atoms with van der Waals surface area (Å²) in [7, 11) is 1.64. The number of carbonyl (C=O) groups excluding carboxylic acids is 1. The van der Waals surface area contributed by atoms with Crippen LogP contribution in [0, 0.1) is 15.2 Å². The van der Waals surface area contributed by atoms with Crippen molar-refractivity contribution in [3.05, 3.63) is 57.2 Å². The number of rotatable bonds is 8. The summed E-state index contributed by atoms with van der Waals surface area (Å²) in [5.41, 5.74) is 2.01. The van der Waals surface area contributed by atoms with E-state index in [1.54, 1.807) is 13.1 Å². The molecule has 0 spiro atoms. The molecule has 2 aromatic rings. The van der Waals surface area contributed by atoms with Crippen LogP contribution in [0.15, 0.2) is 36.4 Å². The van der Waals surface area contributed by atoms with Crippen molar-refractivity contribution in [3.63, 3.8) is 0 Å². The molecule has 6 nitrogen and oxygen atoms in total. The zero-order valence-electron chi connectivity index (χ0n) is 13.9. The Morgan fingerprint density at radius 2 is 2.04 bits per heavy atom. The molecular formula is C17H18F2IN3O3. The van der Waals surface area contributed by atoms with Crippen LogP contribution in [-0.2, 0) is 4.84 Å². The van der Waals surface area contributed by atoms with E-state index >= 15 is 0 Å². The van der Waals surface area contributed by atoms with Crippen molar-refractivity contribution in [2.45, 2.75) is 6.04 Å². The smallest absolute Gasteiger partial charge is 0.277 e. The van der Waals surface area contributed by atoms with Gasteiger partial charge in [-0.15, -0.1) is 0 Å². The number of halogens is 3. The molecule has 26 heavy (non-hydrogen) atoms. The van der Waals surface area contributed by atoms with E-state index in [2.05, 4.69) is 16.1 Å². The van der Waals surface area contributed by atoms with Crippen LogP contribution in [0.2, 0.25) is 0 Å². The number of para-hydroxylation sites is 1. The van der Waals surface area contributed by atoms with Crippen LogP contribution in [0.5, 0.6) is 0 Å². The summed E-state index contributed by atoms with van der Waals surface area (Å²) >= 11 is 1.96. The second-order valence-electron chi connectivity index (χ2n) is 5.32. The van der Waals surface area contributed by atoms with Gasteiger partial charge in [-0.1, -0.05) is 6.07 Å². The van der Waals surface area contributed by atoms with Crippen molar-refractivity contribution in [1.29, 1.82) is 0 Å². The van der Waals surface area contributed by atoms with Crippen molar-refractivity contribution in [2.24, 2.45) is 0 Å². The minimum Gasteiger partial charge on any atom is -0.395 e. The summed E-state index contributed by atoms with van der Waals surface area (Å²) in [4.78, 5) is 17.3. The Morgan fingerprint density at radius 3 is 2.69 bits per heavy atom. The summed E-state index contributed by atoms with van der Waals surface area (Å²) < 4.78 is 28.9. The molecule has 0 bridgehead atoms.